The molecule has 3 nitrogen and oxygen atoms in total. The second-order valence-corrected chi connectivity index (χ2v) is 6.31. The van der Waals surface area contributed by atoms with Crippen LogP contribution in [0.4, 0.5) is 5.13 Å². The van der Waals surface area contributed by atoms with Crippen molar-refractivity contribution in [2.75, 3.05) is 5.32 Å². The van der Waals surface area contributed by atoms with Crippen LogP contribution in [-0.2, 0) is 0 Å². The smallest absolute Gasteiger partial charge is 0.202 e. The fourth-order valence-electron chi connectivity index (χ4n) is 2.75. The van der Waals surface area contributed by atoms with Crippen LogP contribution < -0.4 is 5.32 Å². The molecule has 1 N–H and O–H groups in total. The van der Waals surface area contributed by atoms with Gasteiger partial charge in [0.2, 0.25) is 5.13 Å². The molecule has 1 aromatic rings. The molecular formula is C13H21N3S. The van der Waals surface area contributed by atoms with Gasteiger partial charge in [-0.3, -0.25) is 0 Å². The highest BCUT2D eigenvalue weighted by Crippen LogP contribution is 2.39. The Labute approximate surface area is 107 Å². The molecule has 94 valence electrons. The zero-order valence-electron chi connectivity index (χ0n) is 10.5. The maximum Gasteiger partial charge on any atom is 0.202 e. The summed E-state index contributed by atoms with van der Waals surface area (Å²) < 4.78 is 4.44. The van der Waals surface area contributed by atoms with Gasteiger partial charge in [0.1, 0.15) is 5.82 Å². The Morgan fingerprint density at radius 2 is 1.94 bits per heavy atom. The molecule has 2 fully saturated rings. The normalized spacial score (nSPS) is 23.6. The number of rotatable bonds is 4. The van der Waals surface area contributed by atoms with E-state index in [0.717, 1.165) is 16.9 Å². The largest absolute Gasteiger partial charge is 0.358 e. The van der Waals surface area contributed by atoms with E-state index in [1.54, 1.807) is 0 Å². The first-order chi connectivity index (χ1) is 8.33. The molecule has 0 saturated heterocycles. The molecule has 1 atom stereocenters. The Morgan fingerprint density at radius 1 is 1.18 bits per heavy atom. The fraction of sp³-hybridized carbons (Fsp3) is 0.846. The van der Waals surface area contributed by atoms with E-state index in [9.17, 15) is 0 Å². The van der Waals surface area contributed by atoms with Gasteiger partial charge < -0.3 is 5.32 Å². The van der Waals surface area contributed by atoms with Gasteiger partial charge in [-0.25, -0.2) is 4.98 Å². The van der Waals surface area contributed by atoms with E-state index < -0.39 is 0 Å². The molecule has 0 bridgehead atoms. The van der Waals surface area contributed by atoms with E-state index in [2.05, 4.69) is 21.6 Å². The summed E-state index contributed by atoms with van der Waals surface area (Å²) in [4.78, 5) is 4.60. The van der Waals surface area contributed by atoms with Gasteiger partial charge in [-0.15, -0.1) is 0 Å². The summed E-state index contributed by atoms with van der Waals surface area (Å²) in [6.45, 7) is 2.30. The van der Waals surface area contributed by atoms with Crippen molar-refractivity contribution in [3.63, 3.8) is 0 Å². The lowest BCUT2D eigenvalue weighted by atomic mass is 9.85. The predicted molar refractivity (Wildman–Crippen MR) is 71.5 cm³/mol. The highest BCUT2D eigenvalue weighted by molar-refractivity contribution is 7.09. The van der Waals surface area contributed by atoms with Crippen molar-refractivity contribution in [3.8, 4) is 0 Å². The zero-order valence-corrected chi connectivity index (χ0v) is 11.3. The summed E-state index contributed by atoms with van der Waals surface area (Å²) >= 11 is 1.54. The first kappa shape index (κ1) is 11.5. The molecular weight excluding hydrogens is 230 g/mol. The van der Waals surface area contributed by atoms with Crippen LogP contribution >= 0.6 is 11.5 Å². The van der Waals surface area contributed by atoms with Crippen LogP contribution in [0.25, 0.3) is 0 Å². The molecule has 1 heterocycles. The van der Waals surface area contributed by atoms with Crippen molar-refractivity contribution < 1.29 is 0 Å². The van der Waals surface area contributed by atoms with Crippen LogP contribution in [-0.4, -0.2) is 15.4 Å². The van der Waals surface area contributed by atoms with Crippen molar-refractivity contribution >= 4 is 16.7 Å². The molecule has 0 spiro atoms. The van der Waals surface area contributed by atoms with Crippen molar-refractivity contribution in [3.05, 3.63) is 5.82 Å². The van der Waals surface area contributed by atoms with E-state index in [0.29, 0.717) is 12.0 Å². The monoisotopic (exact) mass is 251 g/mol. The molecule has 3 rings (SSSR count). The standard InChI is InChI=1S/C13H21N3S/c1-9(10-5-3-2-4-6-10)14-13-15-12(16-17-13)11-7-8-11/h9-11H,2-8H2,1H3,(H,14,15,16). The number of anilines is 1. The minimum absolute atomic E-state index is 0.551. The van der Waals surface area contributed by atoms with E-state index in [4.69, 9.17) is 0 Å². The average Bonchev–Trinajstić information content (AvgIpc) is 3.12. The second-order valence-electron chi connectivity index (χ2n) is 5.56. The fourth-order valence-corrected chi connectivity index (χ4v) is 3.49. The number of nitrogens with zero attached hydrogens (tertiary/aromatic N) is 2. The molecule has 17 heavy (non-hydrogen) atoms. The summed E-state index contributed by atoms with van der Waals surface area (Å²) in [5.41, 5.74) is 0. The minimum atomic E-state index is 0.551. The average molecular weight is 251 g/mol. The van der Waals surface area contributed by atoms with E-state index >= 15 is 0 Å². The summed E-state index contributed by atoms with van der Waals surface area (Å²) in [7, 11) is 0. The van der Waals surface area contributed by atoms with Gasteiger partial charge in [0.15, 0.2) is 0 Å². The summed E-state index contributed by atoms with van der Waals surface area (Å²) in [5.74, 6) is 2.58. The van der Waals surface area contributed by atoms with Crippen LogP contribution in [0, 0.1) is 5.92 Å². The molecule has 0 amide bonds. The lowest BCUT2D eigenvalue weighted by Crippen LogP contribution is -2.27. The molecule has 1 unspecified atom stereocenters. The van der Waals surface area contributed by atoms with Gasteiger partial charge in [-0.2, -0.15) is 4.37 Å². The lowest BCUT2D eigenvalue weighted by molar-refractivity contribution is 0.328. The first-order valence-corrected chi connectivity index (χ1v) is 7.70. The predicted octanol–water partition coefficient (Wildman–Crippen LogP) is 3.80. The van der Waals surface area contributed by atoms with E-state index in [1.807, 2.05) is 0 Å². The number of nitrogens with one attached hydrogen (secondary N) is 1. The van der Waals surface area contributed by atoms with Gasteiger partial charge >= 0.3 is 0 Å². The van der Waals surface area contributed by atoms with Gasteiger partial charge in [0, 0.05) is 23.5 Å². The third-order valence-corrected chi connectivity index (χ3v) is 4.75. The molecule has 1 aromatic heterocycles. The SMILES string of the molecule is CC(Nc1nc(C2CC2)ns1)C1CCCCC1. The molecule has 2 saturated carbocycles. The van der Waals surface area contributed by atoms with Crippen LogP contribution in [0.1, 0.15) is 63.6 Å². The first-order valence-electron chi connectivity index (χ1n) is 6.93. The summed E-state index contributed by atoms with van der Waals surface area (Å²) in [6, 6.07) is 0.551. The number of aromatic nitrogens is 2. The van der Waals surface area contributed by atoms with E-state index in [1.165, 1.54) is 56.5 Å². The Morgan fingerprint density at radius 3 is 2.65 bits per heavy atom. The molecule has 0 radical (unpaired) electrons. The van der Waals surface area contributed by atoms with Crippen LogP contribution in [0.5, 0.6) is 0 Å². The van der Waals surface area contributed by atoms with Crippen LogP contribution in [0.15, 0.2) is 0 Å². The summed E-state index contributed by atoms with van der Waals surface area (Å²) in [5, 5.41) is 4.59. The van der Waals surface area contributed by atoms with Crippen LogP contribution in [0.2, 0.25) is 0 Å². The Hall–Kier alpha value is -0.640. The van der Waals surface area contributed by atoms with Crippen molar-refractivity contribution in [2.24, 2.45) is 5.92 Å². The maximum atomic E-state index is 4.60. The van der Waals surface area contributed by atoms with Gasteiger partial charge in [-0.05, 0) is 38.5 Å². The third-order valence-electron chi connectivity index (χ3n) is 4.09. The topological polar surface area (TPSA) is 37.8 Å². The Kier molecular flexibility index (Phi) is 3.32. The Balaban J connectivity index is 1.56. The zero-order chi connectivity index (χ0) is 11.7. The minimum Gasteiger partial charge on any atom is -0.358 e. The second kappa shape index (κ2) is 4.92. The molecule has 2 aliphatic rings. The van der Waals surface area contributed by atoms with Gasteiger partial charge in [-0.1, -0.05) is 19.3 Å². The van der Waals surface area contributed by atoms with E-state index in [-0.39, 0.29) is 0 Å². The Bertz CT molecular complexity index is 366. The third kappa shape index (κ3) is 2.79. The molecule has 2 aliphatic carbocycles. The lowest BCUT2D eigenvalue weighted by Gasteiger charge is -2.27. The molecule has 4 heteroatoms. The van der Waals surface area contributed by atoms with Crippen molar-refractivity contribution in [1.29, 1.82) is 0 Å². The van der Waals surface area contributed by atoms with Crippen molar-refractivity contribution in [2.45, 2.75) is 63.8 Å². The maximum absolute atomic E-state index is 4.60. The van der Waals surface area contributed by atoms with Gasteiger partial charge in [0.25, 0.3) is 0 Å². The van der Waals surface area contributed by atoms with Gasteiger partial charge in [0.05, 0.1) is 0 Å². The van der Waals surface area contributed by atoms with Crippen LogP contribution in [0.3, 0.4) is 0 Å². The highest BCUT2D eigenvalue weighted by atomic mass is 32.1. The molecule has 0 aromatic carbocycles. The number of hydrogen-bond donors (Lipinski definition) is 1. The van der Waals surface area contributed by atoms with Crippen molar-refractivity contribution in [1.82, 2.24) is 9.36 Å². The highest BCUT2D eigenvalue weighted by Gasteiger charge is 2.28. The quantitative estimate of drug-likeness (QED) is 0.884. The summed E-state index contributed by atoms with van der Waals surface area (Å²) in [6.07, 6.45) is 9.56. The number of hydrogen-bond acceptors (Lipinski definition) is 4. The molecule has 0 aliphatic heterocycles.